The molecule has 10 heteroatoms. The number of Topliss-reactive ketones (excluding diaryl/α,β-unsaturated/α-hetero) is 1. The second-order valence-corrected chi connectivity index (χ2v) is 9.36. The highest BCUT2D eigenvalue weighted by atomic mass is 35.5. The number of carbonyl (C=O) groups is 1. The first-order valence-corrected chi connectivity index (χ1v) is 10.3. The van der Waals surface area contributed by atoms with Crippen molar-refractivity contribution < 1.29 is 23.1 Å². The molecule has 0 spiro atoms. The van der Waals surface area contributed by atoms with E-state index in [-0.39, 0.29) is 35.0 Å². The predicted molar refractivity (Wildman–Crippen MR) is 108 cm³/mol. The highest BCUT2D eigenvalue weighted by Gasteiger charge is 2.68. The third-order valence-electron chi connectivity index (χ3n) is 5.62. The summed E-state index contributed by atoms with van der Waals surface area (Å²) in [7, 11) is 0. The topological polar surface area (TPSA) is 88.6 Å². The number of aliphatic hydroxyl groups excluding tert-OH is 1. The van der Waals surface area contributed by atoms with Crippen molar-refractivity contribution in [1.29, 1.82) is 0 Å². The minimum atomic E-state index is -1.75. The first-order chi connectivity index (χ1) is 14.2. The van der Waals surface area contributed by atoms with Gasteiger partial charge in [-0.05, 0) is 36.2 Å². The molecule has 158 valence electrons. The second-order valence-electron chi connectivity index (χ2n) is 7.49. The number of rotatable bonds is 6. The molecule has 1 aliphatic heterocycles. The van der Waals surface area contributed by atoms with E-state index in [1.54, 1.807) is 0 Å². The number of amidine groups is 1. The Kier molecular flexibility index (Phi) is 5.32. The summed E-state index contributed by atoms with van der Waals surface area (Å²) >= 11 is 6.88. The molecule has 1 aromatic carbocycles. The lowest BCUT2D eigenvalue weighted by molar-refractivity contribution is 0.0988. The second kappa shape index (κ2) is 7.55. The molecule has 4 rings (SSSR count). The zero-order valence-electron chi connectivity index (χ0n) is 15.5. The van der Waals surface area contributed by atoms with Gasteiger partial charge < -0.3 is 10.8 Å². The summed E-state index contributed by atoms with van der Waals surface area (Å²) in [6.07, 6.45) is 1.40. The predicted octanol–water partition coefficient (Wildman–Crippen LogP) is 3.42. The van der Waals surface area contributed by atoms with Gasteiger partial charge in [0.05, 0.1) is 16.4 Å². The van der Waals surface area contributed by atoms with Gasteiger partial charge in [-0.2, -0.15) is 0 Å². The van der Waals surface area contributed by atoms with Crippen LogP contribution >= 0.6 is 23.4 Å². The maximum atomic E-state index is 14.8. The molecule has 0 unspecified atom stereocenters. The number of alkyl halides is 1. The Morgan fingerprint density at radius 2 is 2.13 bits per heavy atom. The third kappa shape index (κ3) is 3.38. The average molecular weight is 456 g/mol. The van der Waals surface area contributed by atoms with Crippen molar-refractivity contribution in [2.24, 2.45) is 16.6 Å². The number of hydrogen-bond donors (Lipinski definition) is 2. The van der Waals surface area contributed by atoms with E-state index in [9.17, 15) is 23.1 Å². The van der Waals surface area contributed by atoms with Gasteiger partial charge in [-0.3, -0.25) is 9.78 Å². The van der Waals surface area contributed by atoms with Crippen molar-refractivity contribution in [1.82, 2.24) is 4.98 Å². The van der Waals surface area contributed by atoms with Gasteiger partial charge in [0.1, 0.15) is 17.9 Å². The monoisotopic (exact) mass is 455 g/mol. The normalized spacial score (nSPS) is 27.4. The number of aliphatic imine (C=N–C) groups is 1. The zero-order chi connectivity index (χ0) is 21.7. The molecule has 30 heavy (non-hydrogen) atoms. The number of aromatic nitrogens is 1. The number of halogens is 4. The smallest absolute Gasteiger partial charge is 0.185 e. The summed E-state index contributed by atoms with van der Waals surface area (Å²) in [4.78, 5) is 20.6. The third-order valence-corrected chi connectivity index (χ3v) is 7.13. The SMILES string of the molecule is NC1=N[C@](CF)(c2cc(CC(=O)c3ccc(Cl)cn3)cc(F)c2F)[C@@H]2C[C@]2(CO)S1. The lowest BCUT2D eigenvalue weighted by Gasteiger charge is -2.34. The number of pyridine rings is 1. The largest absolute Gasteiger partial charge is 0.395 e. The summed E-state index contributed by atoms with van der Waals surface area (Å²) in [6.45, 7) is -1.40. The number of thioether (sulfide) groups is 1. The van der Waals surface area contributed by atoms with Gasteiger partial charge >= 0.3 is 0 Å². The summed E-state index contributed by atoms with van der Waals surface area (Å²) in [5.74, 6) is -3.43. The molecule has 2 heterocycles. The van der Waals surface area contributed by atoms with E-state index in [2.05, 4.69) is 9.98 Å². The number of carbonyl (C=O) groups excluding carboxylic acids is 1. The van der Waals surface area contributed by atoms with Crippen LogP contribution in [0.4, 0.5) is 13.2 Å². The summed E-state index contributed by atoms with van der Waals surface area (Å²) in [5.41, 5.74) is 4.06. The lowest BCUT2D eigenvalue weighted by Crippen LogP contribution is -2.41. The van der Waals surface area contributed by atoms with E-state index in [0.29, 0.717) is 11.4 Å². The van der Waals surface area contributed by atoms with E-state index in [4.69, 9.17) is 17.3 Å². The molecule has 2 aromatic rings. The van der Waals surface area contributed by atoms with Gasteiger partial charge in [-0.1, -0.05) is 23.4 Å². The summed E-state index contributed by atoms with van der Waals surface area (Å²) in [5, 5.41) is 10.1. The van der Waals surface area contributed by atoms with Crippen LogP contribution in [0.3, 0.4) is 0 Å². The van der Waals surface area contributed by atoms with E-state index < -0.39 is 40.3 Å². The molecule has 0 saturated heterocycles. The first-order valence-electron chi connectivity index (χ1n) is 9.09. The van der Waals surface area contributed by atoms with Crippen LogP contribution in [-0.4, -0.2) is 39.1 Å². The first kappa shape index (κ1) is 21.1. The number of fused-ring (bicyclic) bond motifs is 1. The minimum Gasteiger partial charge on any atom is -0.395 e. The van der Waals surface area contributed by atoms with Crippen LogP contribution in [0.5, 0.6) is 0 Å². The Bertz CT molecular complexity index is 1050. The van der Waals surface area contributed by atoms with E-state index in [1.165, 1.54) is 24.4 Å². The molecule has 5 nitrogen and oxygen atoms in total. The molecule has 1 aliphatic carbocycles. The highest BCUT2D eigenvalue weighted by Crippen LogP contribution is 2.65. The number of nitrogens with zero attached hydrogens (tertiary/aromatic N) is 2. The fourth-order valence-corrected chi connectivity index (χ4v) is 5.43. The van der Waals surface area contributed by atoms with Crippen molar-refractivity contribution in [3.05, 3.63) is 63.9 Å². The van der Waals surface area contributed by atoms with Crippen LogP contribution in [0, 0.1) is 17.6 Å². The number of ketones is 1. The van der Waals surface area contributed by atoms with Crippen LogP contribution in [0.25, 0.3) is 0 Å². The fraction of sp³-hybridized carbons (Fsp3) is 0.350. The van der Waals surface area contributed by atoms with Crippen LogP contribution in [0.15, 0.2) is 35.5 Å². The Labute approximate surface area is 179 Å². The van der Waals surface area contributed by atoms with Gasteiger partial charge in [-0.15, -0.1) is 0 Å². The molecule has 0 amide bonds. The molecular formula is C20H17ClF3N3O2S. The van der Waals surface area contributed by atoms with E-state index >= 15 is 0 Å². The van der Waals surface area contributed by atoms with Crippen molar-refractivity contribution in [3.63, 3.8) is 0 Å². The molecule has 1 fully saturated rings. The van der Waals surface area contributed by atoms with Gasteiger partial charge in [0.15, 0.2) is 22.6 Å². The summed E-state index contributed by atoms with van der Waals surface area (Å²) in [6, 6.07) is 5.07. The quantitative estimate of drug-likeness (QED) is 0.652. The van der Waals surface area contributed by atoms with Crippen LogP contribution < -0.4 is 5.73 Å². The zero-order valence-corrected chi connectivity index (χ0v) is 17.1. The number of hydrogen-bond acceptors (Lipinski definition) is 6. The molecule has 3 N–H and O–H groups in total. The van der Waals surface area contributed by atoms with Crippen molar-refractivity contribution in [3.8, 4) is 0 Å². The van der Waals surface area contributed by atoms with Gasteiger partial charge in [0.2, 0.25) is 0 Å². The van der Waals surface area contributed by atoms with Gasteiger partial charge in [0, 0.05) is 24.1 Å². The van der Waals surface area contributed by atoms with E-state index in [1.807, 2.05) is 0 Å². The van der Waals surface area contributed by atoms with Crippen molar-refractivity contribution in [2.75, 3.05) is 13.3 Å². The number of aliphatic hydroxyl groups is 1. The Balaban J connectivity index is 1.74. The molecular weight excluding hydrogens is 439 g/mol. The molecule has 0 bridgehead atoms. The van der Waals surface area contributed by atoms with E-state index in [0.717, 1.165) is 17.8 Å². The summed E-state index contributed by atoms with van der Waals surface area (Å²) < 4.78 is 42.9. The van der Waals surface area contributed by atoms with Crippen LogP contribution in [0.1, 0.15) is 28.0 Å². The Morgan fingerprint density at radius 3 is 2.77 bits per heavy atom. The van der Waals surface area contributed by atoms with Crippen LogP contribution in [-0.2, 0) is 12.0 Å². The molecule has 0 radical (unpaired) electrons. The molecule has 2 aliphatic rings. The van der Waals surface area contributed by atoms with Crippen molar-refractivity contribution in [2.45, 2.75) is 23.1 Å². The average Bonchev–Trinajstić information content (AvgIpc) is 3.45. The van der Waals surface area contributed by atoms with Crippen molar-refractivity contribution >= 4 is 34.3 Å². The fourth-order valence-electron chi connectivity index (χ4n) is 4.04. The Hall–Kier alpha value is -2.10. The molecule has 1 saturated carbocycles. The van der Waals surface area contributed by atoms with Gasteiger partial charge in [-0.25, -0.2) is 18.2 Å². The standard InChI is InChI=1S/C20H17ClF3N3O2S/c21-11-1-2-14(26-7-11)15(29)5-10-3-12(17(24)13(23)4-10)20(8-22)16-6-19(16,9-28)30-18(25)27-20/h1-4,7,16,28H,5-6,8-9H2,(H2,25,27)/t16-,19-,20-/m1/s1. The highest BCUT2D eigenvalue weighted by molar-refractivity contribution is 8.15. The Morgan fingerprint density at radius 1 is 1.37 bits per heavy atom. The van der Waals surface area contributed by atoms with Gasteiger partial charge in [0.25, 0.3) is 0 Å². The number of nitrogens with two attached hydrogens (primary N) is 1. The van der Waals surface area contributed by atoms with Crippen LogP contribution in [0.2, 0.25) is 5.02 Å². The minimum absolute atomic E-state index is 0.00195. The molecule has 3 atom stereocenters. The lowest BCUT2D eigenvalue weighted by atomic mass is 9.83. The maximum Gasteiger partial charge on any atom is 0.185 e. The molecule has 1 aromatic heterocycles. The number of benzene rings is 1. The maximum absolute atomic E-state index is 14.8.